The van der Waals surface area contributed by atoms with E-state index < -0.39 is 24.2 Å². The third-order valence-corrected chi connectivity index (χ3v) is 26.5. The van der Waals surface area contributed by atoms with Crippen LogP contribution in [0.3, 0.4) is 0 Å². The van der Waals surface area contributed by atoms with Crippen molar-refractivity contribution in [3.05, 3.63) is 13.7 Å². The molecule has 0 N–H and O–H groups in total. The fourth-order valence-electron chi connectivity index (χ4n) is 3.95. The van der Waals surface area contributed by atoms with Crippen molar-refractivity contribution in [3.8, 4) is 0 Å². The summed E-state index contributed by atoms with van der Waals surface area (Å²) >= 11 is 0.422. The Morgan fingerprint density at radius 1 is 1.00 bits per heavy atom. The van der Waals surface area contributed by atoms with Crippen molar-refractivity contribution in [2.24, 2.45) is 0 Å². The number of unbranched alkanes of at least 4 members (excludes halogenated alkanes) is 3. The average Bonchev–Trinajstić information content (AvgIpc) is 3.17. The first-order valence-corrected chi connectivity index (χ1v) is 19.4. The quantitative estimate of drug-likeness (QED) is 0.342. The molecule has 1 aromatic rings. The van der Waals surface area contributed by atoms with E-state index >= 15 is 0 Å². The Balaban J connectivity index is 2.43. The van der Waals surface area contributed by atoms with Gasteiger partial charge in [-0.1, -0.05) is 0 Å². The molecule has 3 nitrogen and oxygen atoms in total. The minimum absolute atomic E-state index is 0.0371. The van der Waals surface area contributed by atoms with Crippen molar-refractivity contribution in [1.29, 1.82) is 0 Å². The molecule has 0 spiro atoms. The van der Waals surface area contributed by atoms with Gasteiger partial charge < -0.3 is 0 Å². The summed E-state index contributed by atoms with van der Waals surface area (Å²) in [5.41, 5.74) is 0. The predicted molar refractivity (Wildman–Crippen MR) is 117 cm³/mol. The van der Waals surface area contributed by atoms with Crippen LogP contribution in [0.5, 0.6) is 0 Å². The first-order chi connectivity index (χ1) is 12.4. The number of hydrogen-bond acceptors (Lipinski definition) is 5. The zero-order valence-electron chi connectivity index (χ0n) is 17.2. The van der Waals surface area contributed by atoms with Crippen molar-refractivity contribution < 1.29 is 9.47 Å². The Labute approximate surface area is 171 Å². The molecule has 0 aromatic carbocycles. The van der Waals surface area contributed by atoms with Gasteiger partial charge in [-0.2, -0.15) is 0 Å². The van der Waals surface area contributed by atoms with Crippen LogP contribution in [0.15, 0.2) is 4.79 Å². The third-order valence-electron chi connectivity index (χ3n) is 5.41. The van der Waals surface area contributed by atoms with Crippen LogP contribution in [0.4, 0.5) is 0 Å². The summed E-state index contributed by atoms with van der Waals surface area (Å²) in [6.07, 6.45) is 7.66. The Bertz CT molecular complexity index is 587. The standard InChI is InChI=1S/C8H9O3S2.3C4H9.Sn/c1-8(2)10-3-5(11-8)6-4-12-7(9)13-6;3*1-3-4-2;/h5H,3H2,1-2H3;3*1,3-4H2,2H3;. The normalized spacial score (nSPS) is 20.0. The first kappa shape index (κ1) is 22.9. The van der Waals surface area contributed by atoms with Gasteiger partial charge in [-0.3, -0.25) is 0 Å². The summed E-state index contributed by atoms with van der Waals surface area (Å²) in [5.74, 6) is -0.534. The zero-order chi connectivity index (χ0) is 19.2. The van der Waals surface area contributed by atoms with E-state index in [9.17, 15) is 4.79 Å². The maximum absolute atomic E-state index is 12.5. The molecule has 1 atom stereocenters. The molecule has 2 heterocycles. The SMILES string of the molecule is CCC[CH2][Sn]([CH2]CCC)([CH2]CCC)[c]1sc(=O)sc1C1COC(C)(C)O1. The zero-order valence-corrected chi connectivity index (χ0v) is 21.7. The Morgan fingerprint density at radius 2 is 1.54 bits per heavy atom. The molecule has 1 aliphatic heterocycles. The van der Waals surface area contributed by atoms with Crippen LogP contribution in [0.1, 0.15) is 84.1 Å². The molecule has 6 heteroatoms. The second-order valence-corrected chi connectivity index (χ2v) is 24.4. The summed E-state index contributed by atoms with van der Waals surface area (Å²) in [6.45, 7) is 11.4. The molecular weight excluding hydrogens is 471 g/mol. The van der Waals surface area contributed by atoms with Crippen LogP contribution in [-0.2, 0) is 9.47 Å². The van der Waals surface area contributed by atoms with Gasteiger partial charge in [0.05, 0.1) is 0 Å². The van der Waals surface area contributed by atoms with Crippen LogP contribution < -0.4 is 6.95 Å². The van der Waals surface area contributed by atoms with E-state index in [1.165, 1.54) is 70.9 Å². The molecular formula is C20H36O3S2Sn. The second-order valence-electron chi connectivity index (χ2n) is 8.06. The van der Waals surface area contributed by atoms with E-state index in [-0.39, 0.29) is 10.2 Å². The van der Waals surface area contributed by atoms with Gasteiger partial charge in [-0.15, -0.1) is 0 Å². The molecule has 0 radical (unpaired) electrons. The van der Waals surface area contributed by atoms with Crippen molar-refractivity contribution in [2.75, 3.05) is 6.61 Å². The molecule has 26 heavy (non-hydrogen) atoms. The molecule has 1 fully saturated rings. The first-order valence-electron chi connectivity index (χ1n) is 10.3. The summed E-state index contributed by atoms with van der Waals surface area (Å²) in [5, 5.41) is 0. The van der Waals surface area contributed by atoms with E-state index in [4.69, 9.17) is 9.47 Å². The molecule has 1 saturated heterocycles. The van der Waals surface area contributed by atoms with Gasteiger partial charge in [-0.05, 0) is 0 Å². The van der Waals surface area contributed by atoms with Crippen LogP contribution in [0.2, 0.25) is 13.3 Å². The van der Waals surface area contributed by atoms with E-state index in [0.717, 1.165) is 0 Å². The second kappa shape index (κ2) is 10.4. The molecule has 1 unspecified atom stereocenters. The number of ether oxygens (including phenoxy) is 2. The number of hydrogen-bond donors (Lipinski definition) is 0. The average molecular weight is 507 g/mol. The van der Waals surface area contributed by atoms with E-state index in [2.05, 4.69) is 20.8 Å². The molecule has 0 saturated carbocycles. The van der Waals surface area contributed by atoms with E-state index in [1.54, 1.807) is 11.3 Å². The summed E-state index contributed by atoms with van der Waals surface area (Å²) < 4.78 is 18.0. The van der Waals surface area contributed by atoms with Crippen LogP contribution >= 0.6 is 22.7 Å². The fourth-order valence-corrected chi connectivity index (χ4v) is 28.1. The van der Waals surface area contributed by atoms with Gasteiger partial charge in [-0.25, -0.2) is 0 Å². The Kier molecular flexibility index (Phi) is 9.12. The van der Waals surface area contributed by atoms with Crippen molar-refractivity contribution in [3.63, 3.8) is 0 Å². The van der Waals surface area contributed by atoms with Gasteiger partial charge in [0.25, 0.3) is 0 Å². The van der Waals surface area contributed by atoms with E-state index in [1.807, 2.05) is 13.8 Å². The summed E-state index contributed by atoms with van der Waals surface area (Å²) in [4.78, 5) is 13.7. The van der Waals surface area contributed by atoms with Crippen molar-refractivity contribution >= 4 is 43.9 Å². The number of rotatable bonds is 11. The molecule has 2 rings (SSSR count). The summed E-state index contributed by atoms with van der Waals surface area (Å²) in [7, 11) is 0. The minimum atomic E-state index is -2.61. The molecule has 1 aromatic heterocycles. The summed E-state index contributed by atoms with van der Waals surface area (Å²) in [6, 6.07) is 0. The van der Waals surface area contributed by atoms with Crippen molar-refractivity contribution in [1.82, 2.24) is 0 Å². The van der Waals surface area contributed by atoms with Gasteiger partial charge in [0.15, 0.2) is 0 Å². The van der Waals surface area contributed by atoms with Gasteiger partial charge in [0, 0.05) is 0 Å². The van der Waals surface area contributed by atoms with E-state index in [0.29, 0.717) is 6.61 Å². The van der Waals surface area contributed by atoms with Crippen LogP contribution in [-0.4, -0.2) is 30.8 Å². The van der Waals surface area contributed by atoms with Crippen LogP contribution in [0, 0.1) is 0 Å². The fraction of sp³-hybridized carbons (Fsp3) is 0.850. The molecule has 0 amide bonds. The maximum atomic E-state index is 12.5. The van der Waals surface area contributed by atoms with Crippen LogP contribution in [0.25, 0.3) is 0 Å². The van der Waals surface area contributed by atoms with Gasteiger partial charge >= 0.3 is 172 Å². The van der Waals surface area contributed by atoms with Gasteiger partial charge in [0.1, 0.15) is 0 Å². The Hall–Kier alpha value is 0.569. The molecule has 1 aliphatic rings. The molecule has 150 valence electrons. The monoisotopic (exact) mass is 508 g/mol. The predicted octanol–water partition coefficient (Wildman–Crippen LogP) is 6.05. The molecule has 0 aliphatic carbocycles. The topological polar surface area (TPSA) is 35.5 Å². The van der Waals surface area contributed by atoms with Crippen molar-refractivity contribution in [2.45, 2.75) is 98.3 Å². The Morgan fingerprint density at radius 3 is 1.96 bits per heavy atom. The van der Waals surface area contributed by atoms with Gasteiger partial charge in [0.2, 0.25) is 0 Å². The third kappa shape index (κ3) is 5.79. The molecule has 0 bridgehead atoms.